The summed E-state index contributed by atoms with van der Waals surface area (Å²) in [7, 11) is 0. The number of ether oxygens (including phenoxy) is 1. The highest BCUT2D eigenvalue weighted by Crippen LogP contribution is 2.16. The number of benzene rings is 2. The fourth-order valence-corrected chi connectivity index (χ4v) is 1.82. The first-order valence-corrected chi connectivity index (χ1v) is 6.58. The van der Waals surface area contributed by atoms with E-state index in [4.69, 9.17) is 10.00 Å². The molecule has 0 heterocycles. The second-order valence-electron chi connectivity index (χ2n) is 4.78. The van der Waals surface area contributed by atoms with Crippen LogP contribution in [-0.2, 0) is 4.79 Å². The molecule has 2 aromatic carbocycles. The Morgan fingerprint density at radius 2 is 2.00 bits per heavy atom. The van der Waals surface area contributed by atoms with Crippen LogP contribution in [0.3, 0.4) is 0 Å². The van der Waals surface area contributed by atoms with E-state index in [1.807, 2.05) is 38.1 Å². The van der Waals surface area contributed by atoms with Gasteiger partial charge in [0, 0.05) is 5.69 Å². The highest BCUT2D eigenvalue weighted by molar-refractivity contribution is 5.92. The minimum Gasteiger partial charge on any atom is -0.484 e. The van der Waals surface area contributed by atoms with E-state index in [0.29, 0.717) is 17.0 Å². The molecule has 2 aromatic rings. The number of nitrogens with one attached hydrogen (secondary N) is 1. The lowest BCUT2D eigenvalue weighted by Crippen LogP contribution is -2.20. The van der Waals surface area contributed by atoms with Crippen LogP contribution in [0.4, 0.5) is 5.69 Å². The van der Waals surface area contributed by atoms with Crippen molar-refractivity contribution in [3.8, 4) is 11.8 Å². The van der Waals surface area contributed by atoms with E-state index < -0.39 is 0 Å². The van der Waals surface area contributed by atoms with Crippen LogP contribution in [0.1, 0.15) is 16.7 Å². The minimum atomic E-state index is -0.261. The van der Waals surface area contributed by atoms with Gasteiger partial charge in [0.25, 0.3) is 5.91 Å². The van der Waals surface area contributed by atoms with Crippen molar-refractivity contribution in [3.05, 3.63) is 59.2 Å². The summed E-state index contributed by atoms with van der Waals surface area (Å²) in [4.78, 5) is 11.8. The zero-order valence-electron chi connectivity index (χ0n) is 12.0. The third-order valence-corrected chi connectivity index (χ3v) is 3.12. The summed E-state index contributed by atoms with van der Waals surface area (Å²) in [6.45, 7) is 3.95. The Morgan fingerprint density at radius 1 is 1.19 bits per heavy atom. The summed E-state index contributed by atoms with van der Waals surface area (Å²) in [6.07, 6.45) is 0. The van der Waals surface area contributed by atoms with Gasteiger partial charge in [-0.1, -0.05) is 12.1 Å². The molecule has 0 atom stereocenters. The second-order valence-corrected chi connectivity index (χ2v) is 4.78. The molecule has 0 aliphatic rings. The maximum atomic E-state index is 11.8. The SMILES string of the molecule is Cc1ccc(OCC(=O)Nc2cccc(C#N)c2)cc1C. The maximum absolute atomic E-state index is 11.8. The molecule has 21 heavy (non-hydrogen) atoms. The number of anilines is 1. The first-order valence-electron chi connectivity index (χ1n) is 6.58. The molecule has 0 aromatic heterocycles. The molecule has 0 radical (unpaired) electrons. The van der Waals surface area contributed by atoms with Crippen molar-refractivity contribution < 1.29 is 9.53 Å². The lowest BCUT2D eigenvalue weighted by Gasteiger charge is -2.09. The average molecular weight is 280 g/mol. The van der Waals surface area contributed by atoms with E-state index in [-0.39, 0.29) is 12.5 Å². The van der Waals surface area contributed by atoms with Gasteiger partial charge in [-0.25, -0.2) is 0 Å². The van der Waals surface area contributed by atoms with Crippen LogP contribution >= 0.6 is 0 Å². The number of aryl methyl sites for hydroxylation is 2. The van der Waals surface area contributed by atoms with Gasteiger partial charge in [-0.15, -0.1) is 0 Å². The Morgan fingerprint density at radius 3 is 2.71 bits per heavy atom. The summed E-state index contributed by atoms with van der Waals surface area (Å²) in [5, 5.41) is 11.5. The molecule has 1 N–H and O–H groups in total. The molecule has 4 heteroatoms. The largest absolute Gasteiger partial charge is 0.484 e. The van der Waals surface area contributed by atoms with Gasteiger partial charge in [-0.2, -0.15) is 5.26 Å². The summed E-state index contributed by atoms with van der Waals surface area (Å²) in [6, 6.07) is 14.5. The van der Waals surface area contributed by atoms with Crippen molar-refractivity contribution in [2.24, 2.45) is 0 Å². The monoisotopic (exact) mass is 280 g/mol. The molecule has 2 rings (SSSR count). The number of hydrogen-bond acceptors (Lipinski definition) is 3. The van der Waals surface area contributed by atoms with E-state index in [2.05, 4.69) is 5.32 Å². The van der Waals surface area contributed by atoms with Crippen LogP contribution in [-0.4, -0.2) is 12.5 Å². The van der Waals surface area contributed by atoms with Crippen LogP contribution in [0.5, 0.6) is 5.75 Å². The predicted molar refractivity (Wildman–Crippen MR) is 81.2 cm³/mol. The van der Waals surface area contributed by atoms with E-state index in [1.165, 1.54) is 5.56 Å². The molecular weight excluding hydrogens is 264 g/mol. The first kappa shape index (κ1) is 14.6. The number of carbonyl (C=O) groups is 1. The predicted octanol–water partition coefficient (Wildman–Crippen LogP) is 3.19. The van der Waals surface area contributed by atoms with Gasteiger partial charge in [-0.3, -0.25) is 4.79 Å². The topological polar surface area (TPSA) is 62.1 Å². The van der Waals surface area contributed by atoms with Crippen molar-refractivity contribution >= 4 is 11.6 Å². The third-order valence-electron chi connectivity index (χ3n) is 3.12. The normalized spacial score (nSPS) is 9.76. The molecule has 0 fully saturated rings. The molecule has 0 saturated carbocycles. The van der Waals surface area contributed by atoms with Gasteiger partial charge >= 0.3 is 0 Å². The van der Waals surface area contributed by atoms with Gasteiger partial charge in [-0.05, 0) is 55.3 Å². The van der Waals surface area contributed by atoms with Crippen LogP contribution in [0.25, 0.3) is 0 Å². The molecule has 0 saturated heterocycles. The van der Waals surface area contributed by atoms with Crippen molar-refractivity contribution in [1.29, 1.82) is 5.26 Å². The number of amides is 1. The van der Waals surface area contributed by atoms with Crippen LogP contribution in [0.2, 0.25) is 0 Å². The highest BCUT2D eigenvalue weighted by Gasteiger charge is 2.05. The number of carbonyl (C=O) groups excluding carboxylic acids is 1. The van der Waals surface area contributed by atoms with Crippen molar-refractivity contribution in [2.75, 3.05) is 11.9 Å². The highest BCUT2D eigenvalue weighted by atomic mass is 16.5. The lowest BCUT2D eigenvalue weighted by atomic mass is 10.1. The molecule has 1 amide bonds. The van der Waals surface area contributed by atoms with Crippen LogP contribution < -0.4 is 10.1 Å². The number of nitrogens with zero attached hydrogens (tertiary/aromatic N) is 1. The standard InChI is InChI=1S/C17H16N2O2/c1-12-6-7-16(8-13(12)2)21-11-17(20)19-15-5-3-4-14(9-15)10-18/h3-9H,11H2,1-2H3,(H,19,20). The van der Waals surface area contributed by atoms with Gasteiger partial charge in [0.05, 0.1) is 11.6 Å². The van der Waals surface area contributed by atoms with Gasteiger partial charge in [0.15, 0.2) is 6.61 Å². The summed E-state index contributed by atoms with van der Waals surface area (Å²) in [5.41, 5.74) is 3.39. The Balaban J connectivity index is 1.92. The smallest absolute Gasteiger partial charge is 0.262 e. The molecule has 4 nitrogen and oxygen atoms in total. The first-order chi connectivity index (χ1) is 10.1. The van der Waals surface area contributed by atoms with Crippen molar-refractivity contribution in [1.82, 2.24) is 0 Å². The molecular formula is C17H16N2O2. The average Bonchev–Trinajstić information content (AvgIpc) is 2.48. The van der Waals surface area contributed by atoms with Gasteiger partial charge in [0.1, 0.15) is 5.75 Å². The lowest BCUT2D eigenvalue weighted by molar-refractivity contribution is -0.118. The number of hydrogen-bond donors (Lipinski definition) is 1. The second kappa shape index (κ2) is 6.58. The van der Waals surface area contributed by atoms with Crippen molar-refractivity contribution in [2.45, 2.75) is 13.8 Å². The fraction of sp³-hybridized carbons (Fsp3) is 0.176. The third kappa shape index (κ3) is 4.08. The molecule has 0 unspecified atom stereocenters. The molecule has 0 bridgehead atoms. The summed E-state index contributed by atoms with van der Waals surface area (Å²) < 4.78 is 5.46. The van der Waals surface area contributed by atoms with E-state index in [0.717, 1.165) is 5.56 Å². The zero-order valence-corrected chi connectivity index (χ0v) is 12.0. The Labute approximate surface area is 124 Å². The Bertz CT molecular complexity index is 702. The summed E-state index contributed by atoms with van der Waals surface area (Å²) >= 11 is 0. The number of nitriles is 1. The molecule has 0 aliphatic carbocycles. The fourth-order valence-electron chi connectivity index (χ4n) is 1.82. The Hall–Kier alpha value is -2.80. The molecule has 0 spiro atoms. The minimum absolute atomic E-state index is 0.0702. The molecule has 0 aliphatic heterocycles. The van der Waals surface area contributed by atoms with Crippen molar-refractivity contribution in [3.63, 3.8) is 0 Å². The van der Waals surface area contributed by atoms with Gasteiger partial charge in [0.2, 0.25) is 0 Å². The van der Waals surface area contributed by atoms with E-state index in [9.17, 15) is 4.79 Å². The van der Waals surface area contributed by atoms with E-state index >= 15 is 0 Å². The van der Waals surface area contributed by atoms with Crippen LogP contribution in [0, 0.1) is 25.2 Å². The number of rotatable bonds is 4. The molecule has 106 valence electrons. The van der Waals surface area contributed by atoms with Crippen LogP contribution in [0.15, 0.2) is 42.5 Å². The zero-order chi connectivity index (χ0) is 15.2. The maximum Gasteiger partial charge on any atom is 0.262 e. The summed E-state index contributed by atoms with van der Waals surface area (Å²) in [5.74, 6) is 0.405. The van der Waals surface area contributed by atoms with Gasteiger partial charge < -0.3 is 10.1 Å². The quantitative estimate of drug-likeness (QED) is 0.935. The van der Waals surface area contributed by atoms with E-state index in [1.54, 1.807) is 24.3 Å². The Kier molecular flexibility index (Phi) is 4.57.